The first kappa shape index (κ1) is 23.6. The average molecular weight is 461 g/mol. The molecule has 32 heavy (non-hydrogen) atoms. The third kappa shape index (κ3) is 6.21. The van der Waals surface area contributed by atoms with Gasteiger partial charge in [-0.1, -0.05) is 0 Å². The number of nitrogens with zero attached hydrogens (tertiary/aromatic N) is 4. The second-order valence-corrected chi connectivity index (χ2v) is 8.13. The molecule has 2 heterocycles. The Morgan fingerprint density at radius 2 is 1.97 bits per heavy atom. The molecule has 3 rings (SSSR count). The van der Waals surface area contributed by atoms with Crippen LogP contribution in [0.1, 0.15) is 17.7 Å². The fraction of sp³-hybridized carbons (Fsp3) is 0.429. The van der Waals surface area contributed by atoms with Crippen molar-refractivity contribution in [2.24, 2.45) is 0 Å². The van der Waals surface area contributed by atoms with Crippen LogP contribution in [-0.4, -0.2) is 70.8 Å². The first-order valence-electron chi connectivity index (χ1n) is 10.2. The minimum Gasteiger partial charge on any atom is -0.382 e. The summed E-state index contributed by atoms with van der Waals surface area (Å²) in [5.74, 6) is 0.148. The van der Waals surface area contributed by atoms with Crippen molar-refractivity contribution in [1.82, 2.24) is 20.0 Å². The van der Waals surface area contributed by atoms with Crippen LogP contribution in [0.2, 0.25) is 0 Å². The number of morpholine rings is 1. The fourth-order valence-corrected chi connectivity index (χ4v) is 3.97. The predicted octanol–water partition coefficient (Wildman–Crippen LogP) is 1.11. The van der Waals surface area contributed by atoms with Crippen molar-refractivity contribution in [2.45, 2.75) is 12.8 Å². The van der Waals surface area contributed by atoms with Crippen molar-refractivity contribution in [3.63, 3.8) is 0 Å². The molecule has 0 radical (unpaired) electrons. The fourth-order valence-electron chi connectivity index (χ4n) is 3.22. The zero-order valence-corrected chi connectivity index (χ0v) is 18.4. The SMILES string of the molecule is N#Cc1c(CCCNC(=O)CSCC(=O)N2CCOCC2)nn(-c2ccc(F)cc2)c1N. The number of hydrogen-bond donors (Lipinski definition) is 2. The van der Waals surface area contributed by atoms with E-state index in [1.54, 1.807) is 4.90 Å². The van der Waals surface area contributed by atoms with E-state index in [9.17, 15) is 19.2 Å². The normalized spacial score (nSPS) is 13.6. The molecule has 0 spiro atoms. The van der Waals surface area contributed by atoms with Crippen molar-refractivity contribution in [1.29, 1.82) is 5.26 Å². The number of nitrogens with two attached hydrogens (primary N) is 1. The number of thioether (sulfide) groups is 1. The number of rotatable bonds is 9. The van der Waals surface area contributed by atoms with Gasteiger partial charge < -0.3 is 20.7 Å². The number of nitrogens with one attached hydrogen (secondary N) is 1. The lowest BCUT2D eigenvalue weighted by Gasteiger charge is -2.26. The summed E-state index contributed by atoms with van der Waals surface area (Å²) in [5, 5.41) is 16.6. The van der Waals surface area contributed by atoms with Crippen LogP contribution >= 0.6 is 11.8 Å². The largest absolute Gasteiger partial charge is 0.382 e. The standard InChI is InChI=1S/C21H25FN6O3S/c22-15-3-5-16(6-4-15)28-21(24)17(12-23)18(26-28)2-1-7-25-19(29)13-32-14-20(30)27-8-10-31-11-9-27/h3-6H,1-2,7-11,13-14,24H2,(H,25,29). The summed E-state index contributed by atoms with van der Waals surface area (Å²) >= 11 is 1.28. The maximum absolute atomic E-state index is 13.2. The maximum atomic E-state index is 13.2. The summed E-state index contributed by atoms with van der Waals surface area (Å²) in [7, 11) is 0. The van der Waals surface area contributed by atoms with Gasteiger partial charge >= 0.3 is 0 Å². The van der Waals surface area contributed by atoms with E-state index in [0.29, 0.717) is 57.1 Å². The van der Waals surface area contributed by atoms with E-state index in [-0.39, 0.29) is 40.5 Å². The number of nitriles is 1. The molecule has 3 N–H and O–H groups in total. The molecule has 1 aliphatic heterocycles. The van der Waals surface area contributed by atoms with Crippen LogP contribution < -0.4 is 11.1 Å². The number of halogens is 1. The van der Waals surface area contributed by atoms with Gasteiger partial charge in [-0.05, 0) is 37.1 Å². The quantitative estimate of drug-likeness (QED) is 0.537. The summed E-state index contributed by atoms with van der Waals surface area (Å²) in [6.07, 6.45) is 1.02. The van der Waals surface area contributed by atoms with E-state index in [1.807, 2.05) is 0 Å². The molecule has 1 aliphatic rings. The highest BCUT2D eigenvalue weighted by molar-refractivity contribution is 8.00. The van der Waals surface area contributed by atoms with Gasteiger partial charge in [-0.3, -0.25) is 9.59 Å². The smallest absolute Gasteiger partial charge is 0.232 e. The molecule has 0 saturated carbocycles. The van der Waals surface area contributed by atoms with Gasteiger partial charge in [0.1, 0.15) is 23.3 Å². The number of nitrogen functional groups attached to an aromatic ring is 1. The van der Waals surface area contributed by atoms with E-state index >= 15 is 0 Å². The number of carbonyl (C=O) groups excluding carboxylic acids is 2. The van der Waals surface area contributed by atoms with Crippen molar-refractivity contribution < 1.29 is 18.7 Å². The number of anilines is 1. The lowest BCUT2D eigenvalue weighted by molar-refractivity contribution is -0.132. The molecule has 0 bridgehead atoms. The molecule has 0 atom stereocenters. The summed E-state index contributed by atoms with van der Waals surface area (Å²) in [5.41, 5.74) is 7.40. The highest BCUT2D eigenvalue weighted by Crippen LogP contribution is 2.21. The van der Waals surface area contributed by atoms with Crippen LogP contribution in [0.5, 0.6) is 0 Å². The Balaban J connectivity index is 1.41. The van der Waals surface area contributed by atoms with Gasteiger partial charge in [0.15, 0.2) is 0 Å². The van der Waals surface area contributed by atoms with Gasteiger partial charge in [-0.25, -0.2) is 9.07 Å². The van der Waals surface area contributed by atoms with Crippen LogP contribution in [0.3, 0.4) is 0 Å². The van der Waals surface area contributed by atoms with E-state index in [1.165, 1.54) is 40.7 Å². The molecule has 1 fully saturated rings. The van der Waals surface area contributed by atoms with Gasteiger partial charge in [0.25, 0.3) is 0 Å². The highest BCUT2D eigenvalue weighted by Gasteiger charge is 2.18. The molecule has 170 valence electrons. The molecule has 2 amide bonds. The second-order valence-electron chi connectivity index (χ2n) is 7.15. The monoisotopic (exact) mass is 460 g/mol. The Morgan fingerprint density at radius 3 is 2.66 bits per heavy atom. The molecule has 2 aromatic rings. The van der Waals surface area contributed by atoms with Gasteiger partial charge in [0, 0.05) is 19.6 Å². The lowest BCUT2D eigenvalue weighted by atomic mass is 10.1. The molecule has 0 unspecified atom stereocenters. The Bertz CT molecular complexity index is 983. The molecule has 0 aliphatic carbocycles. The number of carbonyl (C=O) groups is 2. The maximum Gasteiger partial charge on any atom is 0.232 e. The van der Waals surface area contributed by atoms with Crippen LogP contribution in [0.15, 0.2) is 24.3 Å². The number of hydrogen-bond acceptors (Lipinski definition) is 7. The zero-order chi connectivity index (χ0) is 22.9. The summed E-state index contributed by atoms with van der Waals surface area (Å²) < 4.78 is 19.8. The predicted molar refractivity (Wildman–Crippen MR) is 119 cm³/mol. The molecule has 1 aromatic carbocycles. The number of aryl methyl sites for hydroxylation is 1. The Hall–Kier alpha value is -3.10. The van der Waals surface area contributed by atoms with E-state index in [0.717, 1.165) is 0 Å². The van der Waals surface area contributed by atoms with Crippen LogP contribution in [0.25, 0.3) is 5.69 Å². The lowest BCUT2D eigenvalue weighted by Crippen LogP contribution is -2.41. The zero-order valence-electron chi connectivity index (χ0n) is 17.6. The third-order valence-corrected chi connectivity index (χ3v) is 5.83. The second kappa shape index (κ2) is 11.5. The Kier molecular flexibility index (Phi) is 8.47. The summed E-state index contributed by atoms with van der Waals surface area (Å²) in [6.45, 7) is 2.71. The first-order chi connectivity index (χ1) is 15.5. The molecule has 9 nitrogen and oxygen atoms in total. The van der Waals surface area contributed by atoms with Crippen LogP contribution in [-0.2, 0) is 20.7 Å². The highest BCUT2D eigenvalue weighted by atomic mass is 32.2. The number of ether oxygens (including phenoxy) is 1. The summed E-state index contributed by atoms with van der Waals surface area (Å²) in [6, 6.07) is 7.72. The molecular formula is C21H25FN6O3S. The molecule has 1 aromatic heterocycles. The van der Waals surface area contributed by atoms with E-state index < -0.39 is 0 Å². The van der Waals surface area contributed by atoms with Gasteiger partial charge in [0.2, 0.25) is 11.8 Å². The van der Waals surface area contributed by atoms with Crippen molar-refractivity contribution in [3.05, 3.63) is 41.3 Å². The number of aromatic nitrogens is 2. The third-order valence-electron chi connectivity index (χ3n) is 4.91. The average Bonchev–Trinajstić information content (AvgIpc) is 3.12. The molecule has 11 heteroatoms. The van der Waals surface area contributed by atoms with Crippen molar-refractivity contribution >= 4 is 29.4 Å². The first-order valence-corrected chi connectivity index (χ1v) is 11.4. The minimum atomic E-state index is -0.375. The van der Waals surface area contributed by atoms with Gasteiger partial charge in [-0.15, -0.1) is 11.8 Å². The molecular weight excluding hydrogens is 435 g/mol. The summed E-state index contributed by atoms with van der Waals surface area (Å²) in [4.78, 5) is 25.8. The van der Waals surface area contributed by atoms with Crippen LogP contribution in [0.4, 0.5) is 10.2 Å². The Labute approximate surface area is 189 Å². The van der Waals surface area contributed by atoms with Crippen LogP contribution in [0, 0.1) is 17.1 Å². The number of benzene rings is 1. The van der Waals surface area contributed by atoms with Gasteiger partial charge in [0.05, 0.1) is 36.1 Å². The topological polar surface area (TPSA) is 126 Å². The van der Waals surface area contributed by atoms with Crippen molar-refractivity contribution in [3.8, 4) is 11.8 Å². The van der Waals surface area contributed by atoms with E-state index in [4.69, 9.17) is 10.5 Å². The minimum absolute atomic E-state index is 0.0180. The molecule has 1 saturated heterocycles. The van der Waals surface area contributed by atoms with E-state index in [2.05, 4.69) is 16.5 Å². The number of amides is 2. The van der Waals surface area contributed by atoms with Gasteiger partial charge in [-0.2, -0.15) is 10.4 Å². The Morgan fingerprint density at radius 1 is 1.25 bits per heavy atom. The van der Waals surface area contributed by atoms with Crippen molar-refractivity contribution in [2.75, 3.05) is 50.1 Å².